The van der Waals surface area contributed by atoms with Gasteiger partial charge in [-0.3, -0.25) is 0 Å². The molecule has 10 atom stereocenters. The van der Waals surface area contributed by atoms with E-state index in [9.17, 15) is 10.2 Å². The number of aliphatic hydroxyl groups excluding tert-OH is 2. The summed E-state index contributed by atoms with van der Waals surface area (Å²) in [6, 6.07) is 0. The van der Waals surface area contributed by atoms with E-state index in [-0.39, 0.29) is 23.9 Å². The highest BCUT2D eigenvalue weighted by Crippen LogP contribution is 2.67. The zero-order valence-corrected chi connectivity index (χ0v) is 19.9. The van der Waals surface area contributed by atoms with Gasteiger partial charge in [0.15, 0.2) is 0 Å². The van der Waals surface area contributed by atoms with Crippen LogP contribution >= 0.6 is 0 Å². The fourth-order valence-electron chi connectivity index (χ4n) is 8.91. The lowest BCUT2D eigenvalue weighted by molar-refractivity contribution is -0.0683. The second kappa shape index (κ2) is 7.06. The fraction of sp³-hybridized carbons (Fsp3) is 0.926. The predicted molar refractivity (Wildman–Crippen MR) is 120 cm³/mol. The summed E-state index contributed by atoms with van der Waals surface area (Å²) < 4.78 is 5.77. The van der Waals surface area contributed by atoms with Crippen molar-refractivity contribution in [3.05, 3.63) is 11.6 Å². The Balaban J connectivity index is 1.33. The van der Waals surface area contributed by atoms with Gasteiger partial charge >= 0.3 is 0 Å². The molecule has 0 radical (unpaired) electrons. The van der Waals surface area contributed by atoms with E-state index in [1.165, 1.54) is 38.5 Å². The normalized spacial score (nSPS) is 51.2. The maximum Gasteiger partial charge on any atom is 0.0893 e. The Kier molecular flexibility index (Phi) is 5.05. The van der Waals surface area contributed by atoms with E-state index in [0.717, 1.165) is 37.0 Å². The first-order valence-corrected chi connectivity index (χ1v) is 12.8. The largest absolute Gasteiger partial charge is 0.393 e. The maximum atomic E-state index is 11.1. The van der Waals surface area contributed by atoms with Crippen LogP contribution in [-0.2, 0) is 4.74 Å². The standard InChI is InChI=1S/C27H44O3/c1-16(23(29)15-24-25(2,3)30-24)20-8-9-21-19-7-6-17-14-18(28)10-12-26(17,4)22(19)11-13-27(20,21)5/h6,16,18-24,28-29H,7-15H2,1-5H3/t16-,18?,19-,20+,21-,22-,23+,24-,26-,27+/m0/s1. The summed E-state index contributed by atoms with van der Waals surface area (Å²) in [6.45, 7) is 11.7. The van der Waals surface area contributed by atoms with Crippen molar-refractivity contribution in [2.24, 2.45) is 40.4 Å². The van der Waals surface area contributed by atoms with Crippen molar-refractivity contribution in [1.29, 1.82) is 0 Å². The zero-order chi connectivity index (χ0) is 21.5. The Bertz CT molecular complexity index is 713. The van der Waals surface area contributed by atoms with Crippen molar-refractivity contribution < 1.29 is 14.9 Å². The Morgan fingerprint density at radius 3 is 2.50 bits per heavy atom. The van der Waals surface area contributed by atoms with Gasteiger partial charge in [0.2, 0.25) is 0 Å². The first-order chi connectivity index (χ1) is 14.1. The van der Waals surface area contributed by atoms with Crippen LogP contribution in [0.1, 0.15) is 92.4 Å². The number of hydrogen-bond acceptors (Lipinski definition) is 3. The van der Waals surface area contributed by atoms with Crippen molar-refractivity contribution in [2.75, 3.05) is 0 Å². The van der Waals surface area contributed by atoms with Gasteiger partial charge in [-0.2, -0.15) is 0 Å². The van der Waals surface area contributed by atoms with Crippen LogP contribution < -0.4 is 0 Å². The molecule has 3 saturated carbocycles. The number of hydrogen-bond donors (Lipinski definition) is 2. The number of aliphatic hydroxyl groups is 2. The second-order valence-electron chi connectivity index (χ2n) is 12.8. The van der Waals surface area contributed by atoms with Gasteiger partial charge in [0, 0.05) is 6.42 Å². The SMILES string of the molecule is C[C@H]([C@H](O)C[C@@H]1OC1(C)C)[C@H]1CC[C@H]2[C@@H]3CC=C4CC(O)CC[C@]4(C)[C@H]3CC[C@]12C. The molecule has 0 spiro atoms. The van der Waals surface area contributed by atoms with Crippen LogP contribution in [0.3, 0.4) is 0 Å². The minimum Gasteiger partial charge on any atom is -0.393 e. The Morgan fingerprint density at radius 2 is 1.80 bits per heavy atom. The highest BCUT2D eigenvalue weighted by molar-refractivity contribution is 5.25. The molecule has 5 aliphatic rings. The van der Waals surface area contributed by atoms with E-state index >= 15 is 0 Å². The van der Waals surface area contributed by atoms with Crippen molar-refractivity contribution in [3.63, 3.8) is 0 Å². The quantitative estimate of drug-likeness (QED) is 0.470. The smallest absolute Gasteiger partial charge is 0.0893 e. The molecule has 170 valence electrons. The molecule has 30 heavy (non-hydrogen) atoms. The minimum absolute atomic E-state index is 0.0317. The van der Waals surface area contributed by atoms with Crippen molar-refractivity contribution in [1.82, 2.24) is 0 Å². The number of rotatable bonds is 4. The van der Waals surface area contributed by atoms with Gasteiger partial charge in [-0.25, -0.2) is 0 Å². The topological polar surface area (TPSA) is 53.0 Å². The fourth-order valence-corrected chi connectivity index (χ4v) is 8.91. The van der Waals surface area contributed by atoms with Crippen LogP contribution in [0.15, 0.2) is 11.6 Å². The maximum absolute atomic E-state index is 11.1. The first-order valence-electron chi connectivity index (χ1n) is 12.8. The van der Waals surface area contributed by atoms with E-state index in [1.807, 2.05) is 0 Å². The molecule has 0 aromatic heterocycles. The van der Waals surface area contributed by atoms with Gasteiger partial charge in [0.1, 0.15) is 0 Å². The highest BCUT2D eigenvalue weighted by Gasteiger charge is 2.60. The molecule has 0 aromatic rings. The molecule has 2 N–H and O–H groups in total. The molecular formula is C27H44O3. The molecule has 1 saturated heterocycles. The van der Waals surface area contributed by atoms with Crippen molar-refractivity contribution in [3.8, 4) is 0 Å². The summed E-state index contributed by atoms with van der Waals surface area (Å²) >= 11 is 0. The number of allylic oxidation sites excluding steroid dienone is 1. The van der Waals surface area contributed by atoms with Gasteiger partial charge in [-0.15, -0.1) is 0 Å². The monoisotopic (exact) mass is 416 g/mol. The number of fused-ring (bicyclic) bond motifs is 5. The average molecular weight is 417 g/mol. The van der Waals surface area contributed by atoms with Crippen LogP contribution in [0.2, 0.25) is 0 Å². The Labute approximate surface area is 183 Å². The number of epoxide rings is 1. The van der Waals surface area contributed by atoms with E-state index in [1.54, 1.807) is 5.57 Å². The van der Waals surface area contributed by atoms with Crippen LogP contribution in [0.4, 0.5) is 0 Å². The highest BCUT2D eigenvalue weighted by atomic mass is 16.6. The molecule has 1 heterocycles. The lowest BCUT2D eigenvalue weighted by Crippen LogP contribution is -2.51. The summed E-state index contributed by atoms with van der Waals surface area (Å²) in [5.74, 6) is 3.37. The molecule has 4 aliphatic carbocycles. The lowest BCUT2D eigenvalue weighted by atomic mass is 9.47. The van der Waals surface area contributed by atoms with Gasteiger partial charge in [-0.1, -0.05) is 32.4 Å². The number of ether oxygens (including phenoxy) is 1. The zero-order valence-electron chi connectivity index (χ0n) is 19.9. The summed E-state index contributed by atoms with van der Waals surface area (Å²) in [5.41, 5.74) is 2.23. The second-order valence-corrected chi connectivity index (χ2v) is 12.8. The first kappa shape index (κ1) is 21.5. The molecule has 3 nitrogen and oxygen atoms in total. The Morgan fingerprint density at radius 1 is 1.07 bits per heavy atom. The summed E-state index contributed by atoms with van der Waals surface area (Å²) in [6.07, 6.45) is 12.7. The third kappa shape index (κ3) is 3.17. The molecule has 4 fully saturated rings. The average Bonchev–Trinajstić information content (AvgIpc) is 3.12. The lowest BCUT2D eigenvalue weighted by Gasteiger charge is -2.58. The Hall–Kier alpha value is -0.380. The van der Waals surface area contributed by atoms with Gasteiger partial charge in [0.05, 0.1) is 23.9 Å². The van der Waals surface area contributed by atoms with Crippen LogP contribution in [0.5, 0.6) is 0 Å². The summed E-state index contributed by atoms with van der Waals surface area (Å²) in [7, 11) is 0. The third-order valence-corrected chi connectivity index (χ3v) is 11.0. The van der Waals surface area contributed by atoms with E-state index < -0.39 is 0 Å². The molecule has 0 amide bonds. The van der Waals surface area contributed by atoms with Gasteiger partial charge < -0.3 is 14.9 Å². The molecular weight excluding hydrogens is 372 g/mol. The summed E-state index contributed by atoms with van der Waals surface area (Å²) in [5, 5.41) is 21.3. The molecule has 0 bridgehead atoms. The predicted octanol–water partition coefficient (Wildman–Crippen LogP) is 5.49. The van der Waals surface area contributed by atoms with Crippen LogP contribution in [0.25, 0.3) is 0 Å². The van der Waals surface area contributed by atoms with Crippen molar-refractivity contribution >= 4 is 0 Å². The van der Waals surface area contributed by atoms with E-state index in [2.05, 4.69) is 40.7 Å². The molecule has 5 rings (SSSR count). The molecule has 1 aliphatic heterocycles. The van der Waals surface area contributed by atoms with Gasteiger partial charge in [0.25, 0.3) is 0 Å². The van der Waals surface area contributed by atoms with Crippen molar-refractivity contribution in [2.45, 2.75) is 116 Å². The minimum atomic E-state index is -0.245. The summed E-state index contributed by atoms with van der Waals surface area (Å²) in [4.78, 5) is 0. The van der Waals surface area contributed by atoms with E-state index in [0.29, 0.717) is 22.7 Å². The molecule has 3 heteroatoms. The van der Waals surface area contributed by atoms with Gasteiger partial charge in [-0.05, 0) is 106 Å². The molecule has 1 unspecified atom stereocenters. The molecule has 0 aromatic carbocycles. The van der Waals surface area contributed by atoms with E-state index in [4.69, 9.17) is 4.74 Å². The van der Waals surface area contributed by atoms with Crippen LogP contribution in [0, 0.1) is 40.4 Å². The van der Waals surface area contributed by atoms with Crippen LogP contribution in [-0.4, -0.2) is 34.1 Å². The third-order valence-electron chi connectivity index (χ3n) is 11.0.